The van der Waals surface area contributed by atoms with Crippen molar-refractivity contribution in [2.24, 2.45) is 0 Å². The van der Waals surface area contributed by atoms with Gasteiger partial charge in [-0.15, -0.1) is 0 Å². The Kier molecular flexibility index (Phi) is 8.31. The maximum absolute atomic E-state index is 15.4. The molecule has 2 amide bonds. The van der Waals surface area contributed by atoms with Crippen molar-refractivity contribution in [2.45, 2.75) is 27.7 Å². The topological polar surface area (TPSA) is 42.3 Å². The van der Waals surface area contributed by atoms with Gasteiger partial charge in [-0.3, -0.25) is 9.59 Å². The molecule has 1 aliphatic heterocycles. The Balaban J connectivity index is 1.28. The summed E-state index contributed by atoms with van der Waals surface area (Å²) < 4.78 is 2.26. The molecule has 1 aromatic heterocycles. The zero-order valence-electron chi connectivity index (χ0n) is 32.9. The van der Waals surface area contributed by atoms with Crippen LogP contribution in [0.5, 0.6) is 0 Å². The third kappa shape index (κ3) is 5.60. The van der Waals surface area contributed by atoms with Crippen LogP contribution in [0.3, 0.4) is 0 Å². The molecule has 0 atom stereocenters. The van der Waals surface area contributed by atoms with Crippen molar-refractivity contribution < 1.29 is 9.59 Å². The molecule has 0 bridgehead atoms. The van der Waals surface area contributed by atoms with Crippen LogP contribution in [-0.4, -0.2) is 16.4 Å². The molecule has 1 aliphatic rings. The molecule has 0 N–H and O–H groups in total. The lowest BCUT2D eigenvalue weighted by Crippen LogP contribution is -2.30. The van der Waals surface area contributed by atoms with E-state index in [1.165, 1.54) is 27.2 Å². The van der Waals surface area contributed by atoms with Crippen molar-refractivity contribution in [1.82, 2.24) is 4.57 Å². The Labute approximate surface area is 338 Å². The molecular formula is C54H40N2O2. The highest BCUT2D eigenvalue weighted by molar-refractivity contribution is 6.37. The number of hydrogen-bond acceptors (Lipinski definition) is 2. The van der Waals surface area contributed by atoms with Crippen molar-refractivity contribution >= 4 is 39.3 Å². The molecule has 2 heterocycles. The molecule has 10 rings (SSSR count). The van der Waals surface area contributed by atoms with E-state index in [1.807, 2.05) is 72.8 Å². The number of carbonyl (C=O) groups is 2. The van der Waals surface area contributed by atoms with E-state index in [4.69, 9.17) is 0 Å². The van der Waals surface area contributed by atoms with E-state index >= 15 is 4.79 Å². The number of carbonyl (C=O) groups excluding carboxylic acids is 2. The normalized spacial score (nSPS) is 12.5. The number of benzene rings is 8. The van der Waals surface area contributed by atoms with Gasteiger partial charge in [0.15, 0.2) is 0 Å². The summed E-state index contributed by atoms with van der Waals surface area (Å²) in [5.41, 5.74) is 16.7. The lowest BCUT2D eigenvalue weighted by molar-refractivity contribution is 0.0926. The maximum atomic E-state index is 15.4. The van der Waals surface area contributed by atoms with Gasteiger partial charge in [0.2, 0.25) is 0 Å². The number of aryl methyl sites for hydroxylation is 4. The number of rotatable bonds is 6. The highest BCUT2D eigenvalue weighted by Crippen LogP contribution is 2.46. The van der Waals surface area contributed by atoms with Crippen LogP contribution in [0.4, 0.5) is 5.69 Å². The summed E-state index contributed by atoms with van der Waals surface area (Å²) in [6.07, 6.45) is 0. The van der Waals surface area contributed by atoms with Crippen LogP contribution in [0, 0.1) is 27.7 Å². The third-order valence-electron chi connectivity index (χ3n) is 11.4. The molecule has 0 saturated heterocycles. The highest BCUT2D eigenvalue weighted by atomic mass is 16.2. The molecule has 4 nitrogen and oxygen atoms in total. The average molecular weight is 749 g/mol. The second-order valence-electron chi connectivity index (χ2n) is 15.6. The van der Waals surface area contributed by atoms with Gasteiger partial charge < -0.3 is 4.57 Å². The Bertz CT molecular complexity index is 2990. The van der Waals surface area contributed by atoms with E-state index in [9.17, 15) is 4.79 Å². The van der Waals surface area contributed by atoms with Gasteiger partial charge >= 0.3 is 0 Å². The molecule has 58 heavy (non-hydrogen) atoms. The molecule has 0 radical (unpaired) electrons. The Morgan fingerprint density at radius 3 is 1.33 bits per heavy atom. The van der Waals surface area contributed by atoms with Crippen LogP contribution < -0.4 is 4.90 Å². The summed E-state index contributed by atoms with van der Waals surface area (Å²) >= 11 is 0. The molecule has 4 heteroatoms. The van der Waals surface area contributed by atoms with Gasteiger partial charge in [0.05, 0.1) is 33.5 Å². The third-order valence-corrected chi connectivity index (χ3v) is 11.4. The van der Waals surface area contributed by atoms with Crippen molar-refractivity contribution in [3.8, 4) is 50.2 Å². The predicted octanol–water partition coefficient (Wildman–Crippen LogP) is 13.5. The average Bonchev–Trinajstić information content (AvgIpc) is 3.71. The van der Waals surface area contributed by atoms with E-state index < -0.39 is 0 Å². The Morgan fingerprint density at radius 2 is 0.793 bits per heavy atom. The fraction of sp³-hybridized carbons (Fsp3) is 0.0741. The molecule has 8 aromatic carbocycles. The van der Waals surface area contributed by atoms with Gasteiger partial charge in [-0.05, 0) is 73.7 Å². The quantitative estimate of drug-likeness (QED) is 0.159. The van der Waals surface area contributed by atoms with Crippen LogP contribution in [0.15, 0.2) is 170 Å². The molecule has 0 unspecified atom stereocenters. The SMILES string of the molecule is Cc1cc(C)cc(-c2cccc3c4cccc(-c5cc(C)cc(C)c5)c4n(-c4cccc5c4C(=O)N(c4cccc(-c6ccccc6)c4-c4ccccc4)C5=O)c23)c1. The molecule has 0 aliphatic carbocycles. The zero-order chi connectivity index (χ0) is 39.7. The van der Waals surface area contributed by atoms with Crippen LogP contribution in [0.2, 0.25) is 0 Å². The molecule has 0 fully saturated rings. The number of para-hydroxylation sites is 2. The van der Waals surface area contributed by atoms with E-state index in [0.717, 1.165) is 66.3 Å². The second kappa shape index (κ2) is 13.7. The summed E-state index contributed by atoms with van der Waals surface area (Å²) in [5, 5.41) is 2.15. The summed E-state index contributed by atoms with van der Waals surface area (Å²) in [6.45, 7) is 8.52. The summed E-state index contributed by atoms with van der Waals surface area (Å²) in [6, 6.07) is 58.0. The maximum Gasteiger partial charge on any atom is 0.268 e. The summed E-state index contributed by atoms with van der Waals surface area (Å²) in [7, 11) is 0. The van der Waals surface area contributed by atoms with Crippen molar-refractivity contribution in [2.75, 3.05) is 4.90 Å². The van der Waals surface area contributed by atoms with Crippen molar-refractivity contribution in [3.63, 3.8) is 0 Å². The zero-order valence-corrected chi connectivity index (χ0v) is 32.9. The van der Waals surface area contributed by atoms with Crippen LogP contribution in [0.25, 0.3) is 72.0 Å². The Morgan fingerprint density at radius 1 is 0.345 bits per heavy atom. The summed E-state index contributed by atoms with van der Waals surface area (Å²) in [5.74, 6) is -0.685. The number of anilines is 1. The molecule has 0 spiro atoms. The van der Waals surface area contributed by atoms with Crippen LogP contribution in [-0.2, 0) is 0 Å². The number of hydrogen-bond donors (Lipinski definition) is 0. The van der Waals surface area contributed by atoms with Gasteiger partial charge in [-0.1, -0.05) is 174 Å². The minimum absolute atomic E-state index is 0.339. The smallest absolute Gasteiger partial charge is 0.268 e. The first-order valence-corrected chi connectivity index (χ1v) is 19.8. The number of aromatic nitrogens is 1. The van der Waals surface area contributed by atoms with E-state index in [1.54, 1.807) is 6.07 Å². The van der Waals surface area contributed by atoms with Crippen molar-refractivity contribution in [3.05, 3.63) is 203 Å². The first-order valence-electron chi connectivity index (χ1n) is 19.8. The Hall–Kier alpha value is -7.30. The minimum atomic E-state index is -0.347. The van der Waals surface area contributed by atoms with Gasteiger partial charge in [0.25, 0.3) is 11.8 Å². The first-order chi connectivity index (χ1) is 28.3. The fourth-order valence-corrected chi connectivity index (χ4v) is 9.25. The van der Waals surface area contributed by atoms with Gasteiger partial charge in [0.1, 0.15) is 0 Å². The van der Waals surface area contributed by atoms with Crippen LogP contribution >= 0.6 is 0 Å². The molecule has 0 saturated carbocycles. The number of amides is 2. The number of nitrogens with zero attached hydrogens (tertiary/aromatic N) is 2. The highest BCUT2D eigenvalue weighted by Gasteiger charge is 2.41. The molecule has 278 valence electrons. The lowest BCUT2D eigenvalue weighted by Gasteiger charge is -2.22. The van der Waals surface area contributed by atoms with E-state index in [-0.39, 0.29) is 11.8 Å². The van der Waals surface area contributed by atoms with E-state index in [2.05, 4.69) is 123 Å². The largest absolute Gasteiger partial charge is 0.307 e. The van der Waals surface area contributed by atoms with Crippen LogP contribution in [0.1, 0.15) is 43.0 Å². The number of imide groups is 1. The standard InChI is InChI=1S/C54H40N2O2/c1-33-27-34(2)30-39(29-33)42-20-11-22-44-45-23-12-21-43(40-31-35(3)28-36(4)32-40)52(45)55(51(42)44)48-26-14-24-46-50(48)54(58)56(53(46)57)47-25-13-19-41(37-15-7-5-8-16-37)49(47)38-17-9-6-10-18-38/h5-32H,1-4H3. The van der Waals surface area contributed by atoms with Gasteiger partial charge in [0, 0.05) is 27.5 Å². The molecular weight excluding hydrogens is 709 g/mol. The monoisotopic (exact) mass is 748 g/mol. The van der Waals surface area contributed by atoms with Gasteiger partial charge in [-0.25, -0.2) is 4.90 Å². The fourth-order valence-electron chi connectivity index (χ4n) is 9.25. The van der Waals surface area contributed by atoms with E-state index in [0.29, 0.717) is 22.5 Å². The first kappa shape index (κ1) is 35.1. The predicted molar refractivity (Wildman–Crippen MR) is 239 cm³/mol. The van der Waals surface area contributed by atoms with Crippen molar-refractivity contribution in [1.29, 1.82) is 0 Å². The second-order valence-corrected chi connectivity index (χ2v) is 15.6. The van der Waals surface area contributed by atoms with Gasteiger partial charge in [-0.2, -0.15) is 0 Å². The number of fused-ring (bicyclic) bond motifs is 4. The molecule has 9 aromatic rings. The lowest BCUT2D eigenvalue weighted by atomic mass is 9.92. The summed E-state index contributed by atoms with van der Waals surface area (Å²) in [4.78, 5) is 31.7. The minimum Gasteiger partial charge on any atom is -0.307 e.